The number of esters is 1. The van der Waals surface area contributed by atoms with Gasteiger partial charge in [0.2, 0.25) is 5.95 Å². The molecule has 2 rings (SSSR count). The van der Waals surface area contributed by atoms with Gasteiger partial charge in [0, 0.05) is 11.4 Å². The van der Waals surface area contributed by atoms with Crippen LogP contribution in [0.25, 0.3) is 0 Å². The van der Waals surface area contributed by atoms with Gasteiger partial charge >= 0.3 is 12.0 Å². The van der Waals surface area contributed by atoms with Gasteiger partial charge in [0.25, 0.3) is 10.0 Å². The highest BCUT2D eigenvalue weighted by Crippen LogP contribution is 2.16. The van der Waals surface area contributed by atoms with Crippen molar-refractivity contribution in [3.05, 3.63) is 47.3 Å². The molecule has 11 heteroatoms. The number of amides is 2. The van der Waals surface area contributed by atoms with Crippen LogP contribution in [-0.2, 0) is 14.8 Å². The summed E-state index contributed by atoms with van der Waals surface area (Å²) in [7, 11) is -4.38. The van der Waals surface area contributed by atoms with Gasteiger partial charge in [-0.25, -0.2) is 32.7 Å². The monoisotopic (exact) mass is 394 g/mol. The number of anilines is 1. The van der Waals surface area contributed by atoms with Crippen LogP contribution in [0.5, 0.6) is 0 Å². The minimum atomic E-state index is -4.38. The highest BCUT2D eigenvalue weighted by Gasteiger charge is 2.25. The first-order valence-corrected chi connectivity index (χ1v) is 9.24. The SMILES string of the molecule is Cc1cc(C)nc(NC(=O)NS(=O)(=O)c2ccccc2C(=O)OCCO)n1. The highest BCUT2D eigenvalue weighted by molar-refractivity contribution is 7.90. The normalized spacial score (nSPS) is 10.9. The standard InChI is InChI=1S/C16H18N4O6S/c1-10-9-11(2)18-15(17-10)19-16(23)20-27(24,25)13-6-4-3-5-12(13)14(22)26-8-7-21/h3-6,9,21H,7-8H2,1-2H3,(H2,17,18,19,20,23). The Morgan fingerprint density at radius 1 is 1.15 bits per heavy atom. The zero-order chi connectivity index (χ0) is 20.0. The van der Waals surface area contributed by atoms with Gasteiger partial charge in [0.15, 0.2) is 0 Å². The number of aliphatic hydroxyl groups excluding tert-OH is 1. The summed E-state index contributed by atoms with van der Waals surface area (Å²) in [6.07, 6.45) is 0. The van der Waals surface area contributed by atoms with E-state index in [-0.39, 0.29) is 18.1 Å². The number of rotatable bonds is 6. The summed E-state index contributed by atoms with van der Waals surface area (Å²) in [5.41, 5.74) is 0.921. The Morgan fingerprint density at radius 2 is 1.78 bits per heavy atom. The van der Waals surface area contributed by atoms with Crippen molar-refractivity contribution in [2.75, 3.05) is 18.5 Å². The predicted molar refractivity (Wildman–Crippen MR) is 94.7 cm³/mol. The summed E-state index contributed by atoms with van der Waals surface area (Å²) < 4.78 is 31.5. The van der Waals surface area contributed by atoms with E-state index in [1.807, 2.05) is 0 Å². The van der Waals surface area contributed by atoms with Crippen LogP contribution in [0.3, 0.4) is 0 Å². The summed E-state index contributed by atoms with van der Waals surface area (Å²) in [6.45, 7) is 2.70. The summed E-state index contributed by atoms with van der Waals surface area (Å²) in [5.74, 6) is -1.00. The first-order chi connectivity index (χ1) is 12.7. The van der Waals surface area contributed by atoms with E-state index in [4.69, 9.17) is 9.84 Å². The van der Waals surface area contributed by atoms with Crippen LogP contribution in [0.4, 0.5) is 10.7 Å². The average Bonchev–Trinajstić information content (AvgIpc) is 2.58. The van der Waals surface area contributed by atoms with Gasteiger partial charge in [-0.15, -0.1) is 0 Å². The van der Waals surface area contributed by atoms with Gasteiger partial charge in [-0.2, -0.15) is 0 Å². The van der Waals surface area contributed by atoms with Crippen molar-refractivity contribution in [3.8, 4) is 0 Å². The number of urea groups is 1. The molecule has 0 saturated heterocycles. The first kappa shape index (κ1) is 20.3. The second-order valence-corrected chi connectivity index (χ2v) is 7.04. The molecule has 3 N–H and O–H groups in total. The lowest BCUT2D eigenvalue weighted by molar-refractivity contribution is 0.0429. The Balaban J connectivity index is 2.21. The van der Waals surface area contributed by atoms with Crippen LogP contribution < -0.4 is 10.0 Å². The van der Waals surface area contributed by atoms with Crippen LogP contribution in [0, 0.1) is 13.8 Å². The van der Waals surface area contributed by atoms with Crippen molar-refractivity contribution < 1.29 is 27.9 Å². The molecule has 2 amide bonds. The van der Waals surface area contributed by atoms with E-state index in [0.717, 1.165) is 6.07 Å². The zero-order valence-electron chi connectivity index (χ0n) is 14.6. The summed E-state index contributed by atoms with van der Waals surface area (Å²) in [5, 5.41) is 10.9. The van der Waals surface area contributed by atoms with Crippen LogP contribution in [0.15, 0.2) is 35.2 Å². The Morgan fingerprint density at radius 3 is 2.41 bits per heavy atom. The third-order valence-corrected chi connectivity index (χ3v) is 4.54. The summed E-state index contributed by atoms with van der Waals surface area (Å²) in [6, 6.07) is 5.82. The molecule has 10 nitrogen and oxygen atoms in total. The average molecular weight is 394 g/mol. The third-order valence-electron chi connectivity index (χ3n) is 3.16. The van der Waals surface area contributed by atoms with Gasteiger partial charge < -0.3 is 9.84 Å². The van der Waals surface area contributed by atoms with E-state index in [0.29, 0.717) is 11.4 Å². The fourth-order valence-electron chi connectivity index (χ4n) is 2.17. The number of aliphatic hydroxyl groups is 1. The molecule has 1 aromatic carbocycles. The molecule has 0 aliphatic heterocycles. The maximum absolute atomic E-state index is 12.5. The zero-order valence-corrected chi connectivity index (χ0v) is 15.4. The van der Waals surface area contributed by atoms with Gasteiger partial charge in [-0.1, -0.05) is 12.1 Å². The fraction of sp³-hybridized carbons (Fsp3) is 0.250. The molecule has 0 spiro atoms. The Hall–Kier alpha value is -3.05. The molecular formula is C16H18N4O6S. The molecule has 0 radical (unpaired) electrons. The number of aromatic nitrogens is 2. The van der Waals surface area contributed by atoms with Gasteiger partial charge in [-0.05, 0) is 32.0 Å². The predicted octanol–water partition coefficient (Wildman–Crippen LogP) is 0.753. The smallest absolute Gasteiger partial charge is 0.339 e. The number of carbonyl (C=O) groups excluding carboxylic acids is 2. The molecule has 0 unspecified atom stereocenters. The van der Waals surface area contributed by atoms with Crippen molar-refractivity contribution in [2.24, 2.45) is 0 Å². The van der Waals surface area contributed by atoms with Crippen molar-refractivity contribution >= 4 is 28.0 Å². The highest BCUT2D eigenvalue weighted by atomic mass is 32.2. The molecule has 0 aliphatic rings. The number of benzene rings is 1. The molecule has 0 atom stereocenters. The molecule has 0 saturated carbocycles. The van der Waals surface area contributed by atoms with E-state index >= 15 is 0 Å². The topological polar surface area (TPSA) is 148 Å². The number of ether oxygens (including phenoxy) is 1. The van der Waals surface area contributed by atoms with Crippen molar-refractivity contribution in [1.29, 1.82) is 0 Å². The minimum absolute atomic E-state index is 0.0594. The molecule has 27 heavy (non-hydrogen) atoms. The van der Waals surface area contributed by atoms with E-state index < -0.39 is 33.5 Å². The number of hydrogen-bond donors (Lipinski definition) is 3. The van der Waals surface area contributed by atoms with Crippen molar-refractivity contribution in [2.45, 2.75) is 18.7 Å². The number of nitrogens with one attached hydrogen (secondary N) is 2. The maximum Gasteiger partial charge on any atom is 0.339 e. The second kappa shape index (κ2) is 8.56. The summed E-state index contributed by atoms with van der Waals surface area (Å²) >= 11 is 0. The van der Waals surface area contributed by atoms with Gasteiger partial charge in [0.05, 0.1) is 12.2 Å². The minimum Gasteiger partial charge on any atom is -0.460 e. The molecule has 1 heterocycles. The number of hydrogen-bond acceptors (Lipinski definition) is 8. The number of sulfonamides is 1. The lowest BCUT2D eigenvalue weighted by Crippen LogP contribution is -2.35. The summed E-state index contributed by atoms with van der Waals surface area (Å²) in [4.78, 5) is 31.5. The Labute approximate surface area is 155 Å². The first-order valence-electron chi connectivity index (χ1n) is 7.76. The molecular weight excluding hydrogens is 376 g/mol. The number of aryl methyl sites for hydroxylation is 2. The van der Waals surface area contributed by atoms with Crippen LogP contribution >= 0.6 is 0 Å². The Bertz CT molecular complexity index is 941. The molecule has 1 aromatic heterocycles. The van der Waals surface area contributed by atoms with Crippen LogP contribution in [-0.4, -0.2) is 48.7 Å². The molecule has 0 fully saturated rings. The number of carbonyl (C=O) groups is 2. The van der Waals surface area contributed by atoms with Crippen LogP contribution in [0.2, 0.25) is 0 Å². The van der Waals surface area contributed by atoms with Gasteiger partial charge in [0.1, 0.15) is 11.5 Å². The fourth-order valence-corrected chi connectivity index (χ4v) is 3.28. The largest absolute Gasteiger partial charge is 0.460 e. The Kier molecular flexibility index (Phi) is 6.42. The lowest BCUT2D eigenvalue weighted by Gasteiger charge is -2.11. The van der Waals surface area contributed by atoms with E-state index in [1.165, 1.54) is 18.2 Å². The van der Waals surface area contributed by atoms with Crippen LogP contribution in [0.1, 0.15) is 21.7 Å². The third kappa shape index (κ3) is 5.46. The maximum atomic E-state index is 12.5. The van der Waals surface area contributed by atoms with E-state index in [9.17, 15) is 18.0 Å². The molecule has 144 valence electrons. The van der Waals surface area contributed by atoms with E-state index in [1.54, 1.807) is 24.6 Å². The molecule has 0 bridgehead atoms. The number of nitrogens with zero attached hydrogens (tertiary/aromatic N) is 2. The lowest BCUT2D eigenvalue weighted by atomic mass is 10.2. The van der Waals surface area contributed by atoms with Gasteiger partial charge in [-0.3, -0.25) is 5.32 Å². The molecule has 2 aromatic rings. The van der Waals surface area contributed by atoms with Crippen molar-refractivity contribution in [1.82, 2.24) is 14.7 Å². The second-order valence-electron chi connectivity index (χ2n) is 5.39. The van der Waals surface area contributed by atoms with E-state index in [2.05, 4.69) is 15.3 Å². The van der Waals surface area contributed by atoms with Crippen molar-refractivity contribution in [3.63, 3.8) is 0 Å². The quantitative estimate of drug-likeness (QED) is 0.608. The molecule has 0 aliphatic carbocycles.